The fourth-order valence-corrected chi connectivity index (χ4v) is 4.29. The lowest BCUT2D eigenvalue weighted by molar-refractivity contribution is -0.127. The molecule has 8 nitrogen and oxygen atoms in total. The van der Waals surface area contributed by atoms with Gasteiger partial charge in [0.05, 0.1) is 0 Å². The van der Waals surface area contributed by atoms with E-state index in [1.165, 1.54) is 16.0 Å². The first-order chi connectivity index (χ1) is 14.3. The highest BCUT2D eigenvalue weighted by molar-refractivity contribution is 6.03. The largest absolute Gasteiger partial charge is 0.340 e. The first-order valence-corrected chi connectivity index (χ1v) is 10.4. The number of hydrogen-bond donors (Lipinski definition) is 1. The van der Waals surface area contributed by atoms with Gasteiger partial charge in [-0.2, -0.15) is 0 Å². The summed E-state index contributed by atoms with van der Waals surface area (Å²) in [7, 11) is 1.68. The van der Waals surface area contributed by atoms with Crippen LogP contribution in [0.4, 0.5) is 4.79 Å². The van der Waals surface area contributed by atoms with Crippen LogP contribution in [0.15, 0.2) is 41.4 Å². The molecule has 2 saturated heterocycles. The Bertz CT molecular complexity index is 872. The van der Waals surface area contributed by atoms with Crippen molar-refractivity contribution < 1.29 is 9.59 Å². The number of carbonyl (C=O) groups is 2. The summed E-state index contributed by atoms with van der Waals surface area (Å²) < 4.78 is 0. The predicted molar refractivity (Wildman–Crippen MR) is 116 cm³/mol. The number of nitrogens with zero attached hydrogens (tertiary/aromatic N) is 5. The molecule has 1 N–H and O–H groups in total. The van der Waals surface area contributed by atoms with Crippen LogP contribution in [0.5, 0.6) is 0 Å². The highest BCUT2D eigenvalue weighted by Crippen LogP contribution is 2.26. The smallest absolute Gasteiger partial charge is 0.325 e. The third-order valence-electron chi connectivity index (χ3n) is 5.96. The second-order valence-corrected chi connectivity index (χ2v) is 8.53. The van der Waals surface area contributed by atoms with Crippen molar-refractivity contribution in [2.45, 2.75) is 32.6 Å². The molecule has 1 aromatic carbocycles. The molecule has 2 fully saturated rings. The molecule has 0 aliphatic carbocycles. The SMILES string of the molecule is C=C(C)CN1C(N2CCN(Cc3ccc(C)cc3)CC2)=NC2C1C(=O)NC(=O)N2C. The van der Waals surface area contributed by atoms with Gasteiger partial charge in [-0.3, -0.25) is 15.0 Å². The molecule has 0 aromatic heterocycles. The molecular formula is C22H30N6O2. The van der Waals surface area contributed by atoms with Gasteiger partial charge in [0.1, 0.15) is 0 Å². The number of imide groups is 1. The molecule has 0 spiro atoms. The van der Waals surface area contributed by atoms with Crippen molar-refractivity contribution in [1.82, 2.24) is 24.9 Å². The van der Waals surface area contributed by atoms with Crippen molar-refractivity contribution in [3.05, 3.63) is 47.5 Å². The zero-order valence-corrected chi connectivity index (χ0v) is 18.0. The van der Waals surface area contributed by atoms with Crippen LogP contribution in [0.2, 0.25) is 0 Å². The highest BCUT2D eigenvalue weighted by atomic mass is 16.2. The number of rotatable bonds is 4. The first kappa shape index (κ1) is 20.4. The van der Waals surface area contributed by atoms with E-state index in [1.54, 1.807) is 7.05 Å². The Hall–Kier alpha value is -2.87. The quantitative estimate of drug-likeness (QED) is 0.757. The molecular weight excluding hydrogens is 380 g/mol. The molecule has 2 unspecified atom stereocenters. The van der Waals surface area contributed by atoms with E-state index in [2.05, 4.69) is 52.9 Å². The van der Waals surface area contributed by atoms with Gasteiger partial charge in [-0.1, -0.05) is 42.0 Å². The van der Waals surface area contributed by atoms with Gasteiger partial charge in [0.15, 0.2) is 18.2 Å². The third-order valence-corrected chi connectivity index (χ3v) is 5.96. The maximum atomic E-state index is 12.6. The maximum Gasteiger partial charge on any atom is 0.325 e. The summed E-state index contributed by atoms with van der Waals surface area (Å²) in [4.78, 5) is 37.7. The molecule has 3 aliphatic heterocycles. The number of carbonyl (C=O) groups excluding carboxylic acids is 2. The lowest BCUT2D eigenvalue weighted by Crippen LogP contribution is -2.64. The minimum Gasteiger partial charge on any atom is -0.340 e. The lowest BCUT2D eigenvalue weighted by atomic mass is 10.1. The number of benzene rings is 1. The van der Waals surface area contributed by atoms with Crippen molar-refractivity contribution in [3.63, 3.8) is 0 Å². The van der Waals surface area contributed by atoms with E-state index in [9.17, 15) is 9.59 Å². The van der Waals surface area contributed by atoms with Crippen molar-refractivity contribution in [2.75, 3.05) is 39.8 Å². The van der Waals surface area contributed by atoms with Gasteiger partial charge in [-0.05, 0) is 19.4 Å². The second kappa shape index (κ2) is 8.10. The van der Waals surface area contributed by atoms with E-state index in [4.69, 9.17) is 4.99 Å². The number of likely N-dealkylation sites (N-methyl/N-ethyl adjacent to an activating group) is 1. The molecule has 3 amide bonds. The standard InChI is InChI=1S/C22H30N6O2/c1-15(2)13-28-18-19(25(4)22(30)24-20(18)29)23-21(28)27-11-9-26(10-12-27)14-17-7-5-16(3)6-8-17/h5-8,18-19H,1,9-14H2,2-4H3,(H,24,29,30). The van der Waals surface area contributed by atoms with Crippen LogP contribution in [0.25, 0.3) is 0 Å². The van der Waals surface area contributed by atoms with Crippen LogP contribution in [0.3, 0.4) is 0 Å². The maximum absolute atomic E-state index is 12.6. The second-order valence-electron chi connectivity index (χ2n) is 8.53. The first-order valence-electron chi connectivity index (χ1n) is 10.4. The van der Waals surface area contributed by atoms with Crippen LogP contribution in [-0.4, -0.2) is 89.5 Å². The number of aliphatic imine (C=N–C) groups is 1. The molecule has 0 radical (unpaired) electrons. The normalized spacial score (nSPS) is 24.6. The number of fused-ring (bicyclic) bond motifs is 1. The minimum absolute atomic E-state index is 0.291. The summed E-state index contributed by atoms with van der Waals surface area (Å²) in [5.41, 5.74) is 3.54. The van der Waals surface area contributed by atoms with Crippen LogP contribution in [0, 0.1) is 6.92 Å². The fraction of sp³-hybridized carbons (Fsp3) is 0.500. The minimum atomic E-state index is -0.509. The van der Waals surface area contributed by atoms with Crippen molar-refractivity contribution in [3.8, 4) is 0 Å². The van der Waals surface area contributed by atoms with E-state index in [0.29, 0.717) is 6.54 Å². The van der Waals surface area contributed by atoms with E-state index >= 15 is 0 Å². The van der Waals surface area contributed by atoms with Crippen molar-refractivity contribution in [2.24, 2.45) is 4.99 Å². The topological polar surface area (TPSA) is 71.5 Å². The van der Waals surface area contributed by atoms with Gasteiger partial charge in [-0.15, -0.1) is 0 Å². The number of aryl methyl sites for hydroxylation is 1. The molecule has 3 aliphatic rings. The van der Waals surface area contributed by atoms with E-state index < -0.39 is 18.2 Å². The average molecular weight is 411 g/mol. The van der Waals surface area contributed by atoms with Crippen LogP contribution >= 0.6 is 0 Å². The van der Waals surface area contributed by atoms with Gasteiger partial charge in [-0.25, -0.2) is 9.79 Å². The van der Waals surface area contributed by atoms with Crippen LogP contribution in [0.1, 0.15) is 18.1 Å². The van der Waals surface area contributed by atoms with Crippen molar-refractivity contribution in [1.29, 1.82) is 0 Å². The molecule has 8 heteroatoms. The molecule has 1 aromatic rings. The Balaban J connectivity index is 1.47. The predicted octanol–water partition coefficient (Wildman–Crippen LogP) is 1.24. The fourth-order valence-electron chi connectivity index (χ4n) is 4.29. The molecule has 0 bridgehead atoms. The van der Waals surface area contributed by atoms with Gasteiger partial charge in [0.25, 0.3) is 5.91 Å². The number of amides is 3. The molecule has 30 heavy (non-hydrogen) atoms. The van der Waals surface area contributed by atoms with E-state index in [0.717, 1.165) is 44.3 Å². The van der Waals surface area contributed by atoms with E-state index in [1.807, 2.05) is 11.8 Å². The molecule has 4 rings (SSSR count). The average Bonchev–Trinajstić information content (AvgIpc) is 3.08. The number of piperazine rings is 1. The van der Waals surface area contributed by atoms with Gasteiger partial charge in [0, 0.05) is 46.3 Å². The highest BCUT2D eigenvalue weighted by Gasteiger charge is 2.49. The van der Waals surface area contributed by atoms with Gasteiger partial charge in [0.2, 0.25) is 0 Å². The number of nitrogens with one attached hydrogen (secondary N) is 1. The van der Waals surface area contributed by atoms with Crippen LogP contribution < -0.4 is 5.32 Å². The Morgan fingerprint density at radius 2 is 1.83 bits per heavy atom. The Labute approximate surface area is 177 Å². The number of urea groups is 1. The molecule has 160 valence electrons. The lowest BCUT2D eigenvalue weighted by Gasteiger charge is -2.40. The molecule has 0 saturated carbocycles. The molecule has 3 heterocycles. The summed E-state index contributed by atoms with van der Waals surface area (Å²) in [6.45, 7) is 13.0. The third kappa shape index (κ3) is 3.92. The summed E-state index contributed by atoms with van der Waals surface area (Å²) in [5, 5.41) is 2.44. The number of hydrogen-bond acceptors (Lipinski definition) is 6. The van der Waals surface area contributed by atoms with Crippen molar-refractivity contribution >= 4 is 17.9 Å². The van der Waals surface area contributed by atoms with Gasteiger partial charge >= 0.3 is 6.03 Å². The monoisotopic (exact) mass is 410 g/mol. The summed E-state index contributed by atoms with van der Waals surface area (Å²) in [6, 6.07) is 7.77. The Kier molecular flexibility index (Phi) is 5.51. The Morgan fingerprint density at radius 1 is 1.17 bits per heavy atom. The Morgan fingerprint density at radius 3 is 2.47 bits per heavy atom. The summed E-state index contributed by atoms with van der Waals surface area (Å²) in [5.74, 6) is 0.501. The summed E-state index contributed by atoms with van der Waals surface area (Å²) >= 11 is 0. The number of guanidine groups is 1. The summed E-state index contributed by atoms with van der Waals surface area (Å²) in [6.07, 6.45) is -0.494. The molecule has 2 atom stereocenters. The van der Waals surface area contributed by atoms with E-state index in [-0.39, 0.29) is 5.91 Å². The zero-order chi connectivity index (χ0) is 21.4. The van der Waals surface area contributed by atoms with Gasteiger partial charge < -0.3 is 14.7 Å². The zero-order valence-electron chi connectivity index (χ0n) is 18.0. The van der Waals surface area contributed by atoms with Crippen LogP contribution in [-0.2, 0) is 11.3 Å².